The molecular formula is C25H20ClN3O3. The number of anilines is 1. The molecule has 4 rings (SSSR count). The Labute approximate surface area is 189 Å². The van der Waals surface area contributed by atoms with Crippen molar-refractivity contribution >= 4 is 33.9 Å². The lowest BCUT2D eigenvalue weighted by Crippen LogP contribution is -2.29. The summed E-state index contributed by atoms with van der Waals surface area (Å²) in [4.78, 5) is 26.9. The van der Waals surface area contributed by atoms with Gasteiger partial charge in [0.15, 0.2) is 0 Å². The number of benzene rings is 3. The van der Waals surface area contributed by atoms with Crippen molar-refractivity contribution in [1.29, 1.82) is 0 Å². The van der Waals surface area contributed by atoms with Crippen molar-refractivity contribution in [2.24, 2.45) is 0 Å². The Morgan fingerprint density at radius 2 is 1.66 bits per heavy atom. The van der Waals surface area contributed by atoms with Gasteiger partial charge in [0.1, 0.15) is 5.69 Å². The SMILES string of the molecule is C=CCN(Cc1ccc(Cl)cc1)c1c([N+](=O)[O-])c(=O)n(-c2ccccc2)c2ccccc12. The molecule has 7 heteroatoms. The highest BCUT2D eigenvalue weighted by molar-refractivity contribution is 6.30. The van der Waals surface area contributed by atoms with Gasteiger partial charge in [-0.25, -0.2) is 0 Å². The molecule has 6 nitrogen and oxygen atoms in total. The lowest BCUT2D eigenvalue weighted by molar-refractivity contribution is -0.385. The fourth-order valence-electron chi connectivity index (χ4n) is 3.83. The predicted molar refractivity (Wildman–Crippen MR) is 129 cm³/mol. The number of fused-ring (bicyclic) bond motifs is 1. The topological polar surface area (TPSA) is 68.4 Å². The summed E-state index contributed by atoms with van der Waals surface area (Å²) in [5.74, 6) is 0. The van der Waals surface area contributed by atoms with Gasteiger partial charge in [-0.1, -0.05) is 66.2 Å². The van der Waals surface area contributed by atoms with Crippen LogP contribution in [0.2, 0.25) is 5.02 Å². The van der Waals surface area contributed by atoms with Crippen molar-refractivity contribution in [2.75, 3.05) is 11.4 Å². The normalized spacial score (nSPS) is 10.8. The Balaban J connectivity index is 2.02. The molecule has 0 saturated heterocycles. The Morgan fingerprint density at radius 3 is 2.31 bits per heavy atom. The minimum Gasteiger partial charge on any atom is -0.357 e. The Bertz CT molecular complexity index is 1350. The molecule has 1 heterocycles. The van der Waals surface area contributed by atoms with E-state index in [-0.39, 0.29) is 5.69 Å². The summed E-state index contributed by atoms with van der Waals surface area (Å²) in [5, 5.41) is 13.4. The maximum atomic E-state index is 13.5. The van der Waals surface area contributed by atoms with Crippen molar-refractivity contribution in [3.63, 3.8) is 0 Å². The minimum atomic E-state index is -0.680. The van der Waals surface area contributed by atoms with Crippen LogP contribution >= 0.6 is 11.6 Å². The maximum absolute atomic E-state index is 13.5. The number of pyridine rings is 1. The van der Waals surface area contributed by atoms with E-state index < -0.39 is 16.2 Å². The Kier molecular flexibility index (Phi) is 6.05. The van der Waals surface area contributed by atoms with E-state index in [0.29, 0.717) is 34.7 Å². The zero-order valence-electron chi connectivity index (χ0n) is 17.1. The van der Waals surface area contributed by atoms with Crippen molar-refractivity contribution in [3.8, 4) is 5.69 Å². The molecule has 0 radical (unpaired) electrons. The van der Waals surface area contributed by atoms with Crippen LogP contribution in [-0.4, -0.2) is 16.0 Å². The van der Waals surface area contributed by atoms with Gasteiger partial charge < -0.3 is 4.90 Å². The summed E-state index contributed by atoms with van der Waals surface area (Å²) >= 11 is 6.00. The van der Waals surface area contributed by atoms with Gasteiger partial charge in [-0.15, -0.1) is 6.58 Å². The van der Waals surface area contributed by atoms with Crippen LogP contribution in [0.15, 0.2) is 96.3 Å². The highest BCUT2D eigenvalue weighted by Gasteiger charge is 2.29. The van der Waals surface area contributed by atoms with Gasteiger partial charge in [0.2, 0.25) is 0 Å². The molecule has 0 amide bonds. The summed E-state index contributed by atoms with van der Waals surface area (Å²) < 4.78 is 1.39. The van der Waals surface area contributed by atoms with E-state index in [1.165, 1.54) is 4.57 Å². The first-order valence-corrected chi connectivity index (χ1v) is 10.4. The third-order valence-corrected chi connectivity index (χ3v) is 5.43. The minimum absolute atomic E-state index is 0.276. The largest absolute Gasteiger partial charge is 0.358 e. The lowest BCUT2D eigenvalue weighted by atomic mass is 10.1. The number of rotatable bonds is 7. The molecule has 0 saturated carbocycles. The molecule has 32 heavy (non-hydrogen) atoms. The first kappa shape index (κ1) is 21.3. The molecule has 0 fully saturated rings. The molecule has 0 bridgehead atoms. The highest BCUT2D eigenvalue weighted by atomic mass is 35.5. The van der Waals surface area contributed by atoms with E-state index in [9.17, 15) is 14.9 Å². The van der Waals surface area contributed by atoms with Crippen molar-refractivity contribution < 1.29 is 4.92 Å². The van der Waals surface area contributed by atoms with Crippen LogP contribution in [0.5, 0.6) is 0 Å². The third-order valence-electron chi connectivity index (χ3n) is 5.18. The van der Waals surface area contributed by atoms with Crippen LogP contribution < -0.4 is 10.5 Å². The quantitative estimate of drug-likeness (QED) is 0.206. The fourth-order valence-corrected chi connectivity index (χ4v) is 3.96. The fraction of sp³-hybridized carbons (Fsp3) is 0.0800. The third kappa shape index (κ3) is 4.00. The zero-order chi connectivity index (χ0) is 22.7. The van der Waals surface area contributed by atoms with E-state index >= 15 is 0 Å². The maximum Gasteiger partial charge on any atom is 0.358 e. The van der Waals surface area contributed by atoms with Gasteiger partial charge in [-0.2, -0.15) is 0 Å². The Morgan fingerprint density at radius 1 is 1.00 bits per heavy atom. The number of nitrogens with zero attached hydrogens (tertiary/aromatic N) is 3. The number of para-hydroxylation sites is 2. The summed E-state index contributed by atoms with van der Waals surface area (Å²) in [6.45, 7) is 4.48. The lowest BCUT2D eigenvalue weighted by Gasteiger charge is -2.25. The van der Waals surface area contributed by atoms with Gasteiger partial charge >= 0.3 is 11.2 Å². The highest BCUT2D eigenvalue weighted by Crippen LogP contribution is 2.35. The van der Waals surface area contributed by atoms with Crippen LogP contribution in [0.4, 0.5) is 11.4 Å². The molecule has 160 valence electrons. The number of hydrogen-bond donors (Lipinski definition) is 0. The van der Waals surface area contributed by atoms with Crippen molar-refractivity contribution in [3.05, 3.63) is 123 Å². The molecule has 0 aliphatic heterocycles. The zero-order valence-corrected chi connectivity index (χ0v) is 17.9. The molecular weight excluding hydrogens is 426 g/mol. The monoisotopic (exact) mass is 445 g/mol. The summed E-state index contributed by atoms with van der Waals surface area (Å²) in [6.07, 6.45) is 1.66. The molecule has 0 N–H and O–H groups in total. The first-order valence-electron chi connectivity index (χ1n) is 9.99. The smallest absolute Gasteiger partial charge is 0.357 e. The van der Waals surface area contributed by atoms with Crippen LogP contribution in [0, 0.1) is 10.1 Å². The van der Waals surface area contributed by atoms with E-state index in [2.05, 4.69) is 6.58 Å². The van der Waals surface area contributed by atoms with E-state index in [0.717, 1.165) is 5.56 Å². The van der Waals surface area contributed by atoms with E-state index in [1.807, 2.05) is 30.3 Å². The number of nitro groups is 1. The molecule has 0 spiro atoms. The van der Waals surface area contributed by atoms with Crippen molar-refractivity contribution in [1.82, 2.24) is 4.57 Å². The van der Waals surface area contributed by atoms with Gasteiger partial charge in [-0.05, 0) is 35.9 Å². The second kappa shape index (κ2) is 9.08. The molecule has 0 aliphatic rings. The van der Waals surface area contributed by atoms with Crippen molar-refractivity contribution in [2.45, 2.75) is 6.54 Å². The molecule has 0 atom stereocenters. The predicted octanol–water partition coefficient (Wildman–Crippen LogP) is 5.74. The number of hydrogen-bond acceptors (Lipinski definition) is 4. The molecule has 1 aromatic heterocycles. The van der Waals surface area contributed by atoms with E-state index in [1.54, 1.807) is 59.5 Å². The van der Waals surface area contributed by atoms with Gasteiger partial charge in [0.05, 0.1) is 10.4 Å². The molecule has 0 aliphatic carbocycles. The van der Waals surface area contributed by atoms with Gasteiger partial charge in [0, 0.05) is 29.2 Å². The second-order valence-electron chi connectivity index (χ2n) is 7.24. The van der Waals surface area contributed by atoms with Crippen LogP contribution in [0.1, 0.15) is 5.56 Å². The van der Waals surface area contributed by atoms with Gasteiger partial charge in [-0.3, -0.25) is 19.5 Å². The number of halogens is 1. The molecule has 0 unspecified atom stereocenters. The molecule has 3 aromatic carbocycles. The average Bonchev–Trinajstić information content (AvgIpc) is 2.80. The summed E-state index contributed by atoms with van der Waals surface area (Å²) in [7, 11) is 0. The standard InChI is InChI=1S/C25H20ClN3O3/c1-2-16-27(17-18-12-14-19(26)15-13-18)23-21-10-6-7-11-22(21)28(20-8-4-3-5-9-20)25(30)24(23)29(31)32/h2-15H,1,16-17H2. The first-order chi connectivity index (χ1) is 15.5. The Hall–Kier alpha value is -3.90. The van der Waals surface area contributed by atoms with Crippen LogP contribution in [0.3, 0.4) is 0 Å². The molecule has 4 aromatic rings. The average molecular weight is 446 g/mol. The summed E-state index contributed by atoms with van der Waals surface area (Å²) in [5.41, 5.74) is 1.19. The van der Waals surface area contributed by atoms with Gasteiger partial charge in [0.25, 0.3) is 0 Å². The van der Waals surface area contributed by atoms with Crippen LogP contribution in [0.25, 0.3) is 16.6 Å². The van der Waals surface area contributed by atoms with E-state index in [4.69, 9.17) is 11.6 Å². The van der Waals surface area contributed by atoms with Crippen LogP contribution in [-0.2, 0) is 6.54 Å². The second-order valence-corrected chi connectivity index (χ2v) is 7.68. The number of aromatic nitrogens is 1. The summed E-state index contributed by atoms with van der Waals surface area (Å²) in [6, 6.07) is 23.4.